The van der Waals surface area contributed by atoms with Crippen LogP contribution < -0.4 is 5.32 Å². The lowest BCUT2D eigenvalue weighted by Gasteiger charge is -2.34. The van der Waals surface area contributed by atoms with Crippen LogP contribution in [0.5, 0.6) is 0 Å². The average Bonchev–Trinajstić information content (AvgIpc) is 3.30. The standard InChI is InChI=1S/C26H33N5O2S/c1-19-6-8-20(9-7-19)26(2,3)23-18-34-25(28-23)29-24(33)21-5-4-10-27-22(21)17-31-13-11-30(12-14-31)15-16-32/h4-10,18,32H,11-17H2,1-3H3,(H,28,29,33). The molecule has 1 fully saturated rings. The molecule has 3 heterocycles. The number of aliphatic hydroxyl groups is 1. The molecular formula is C26H33N5O2S. The van der Waals surface area contributed by atoms with Gasteiger partial charge in [-0.05, 0) is 24.6 Å². The smallest absolute Gasteiger partial charge is 0.259 e. The number of hydrogen-bond acceptors (Lipinski definition) is 7. The van der Waals surface area contributed by atoms with Crippen LogP contribution in [0.4, 0.5) is 5.13 Å². The summed E-state index contributed by atoms with van der Waals surface area (Å²) < 4.78 is 0. The first-order chi connectivity index (χ1) is 16.4. The van der Waals surface area contributed by atoms with E-state index in [1.165, 1.54) is 22.5 Å². The van der Waals surface area contributed by atoms with Crippen LogP contribution in [0.1, 0.15) is 46.7 Å². The third kappa shape index (κ3) is 5.70. The molecule has 34 heavy (non-hydrogen) atoms. The number of thiazole rings is 1. The molecule has 0 radical (unpaired) electrons. The first-order valence-electron chi connectivity index (χ1n) is 11.7. The Hall–Kier alpha value is -2.65. The van der Waals surface area contributed by atoms with E-state index in [0.717, 1.165) is 37.6 Å². The number of piperazine rings is 1. The number of carbonyl (C=O) groups is 1. The third-order valence-electron chi connectivity index (χ3n) is 6.53. The molecule has 0 unspecified atom stereocenters. The summed E-state index contributed by atoms with van der Waals surface area (Å²) in [4.78, 5) is 27.0. The molecule has 4 rings (SSSR count). The van der Waals surface area contributed by atoms with E-state index in [-0.39, 0.29) is 17.9 Å². The molecule has 1 saturated heterocycles. The Morgan fingerprint density at radius 1 is 1.12 bits per heavy atom. The highest BCUT2D eigenvalue weighted by Crippen LogP contribution is 2.33. The van der Waals surface area contributed by atoms with Crippen molar-refractivity contribution in [1.29, 1.82) is 0 Å². The fourth-order valence-electron chi connectivity index (χ4n) is 4.20. The predicted octanol–water partition coefficient (Wildman–Crippen LogP) is 3.53. The first-order valence-corrected chi connectivity index (χ1v) is 12.6. The van der Waals surface area contributed by atoms with E-state index in [2.05, 4.69) is 65.1 Å². The van der Waals surface area contributed by atoms with Crippen molar-refractivity contribution < 1.29 is 9.90 Å². The number of nitrogens with zero attached hydrogens (tertiary/aromatic N) is 4. The van der Waals surface area contributed by atoms with E-state index >= 15 is 0 Å². The Morgan fingerprint density at radius 2 is 1.82 bits per heavy atom. The van der Waals surface area contributed by atoms with Gasteiger partial charge in [0, 0.05) is 56.3 Å². The summed E-state index contributed by atoms with van der Waals surface area (Å²) in [5.41, 5.74) is 4.44. The second-order valence-electron chi connectivity index (χ2n) is 9.32. The summed E-state index contributed by atoms with van der Waals surface area (Å²) in [5.74, 6) is -0.184. The highest BCUT2D eigenvalue weighted by Gasteiger charge is 2.27. The molecule has 1 aliphatic heterocycles. The lowest BCUT2D eigenvalue weighted by Crippen LogP contribution is -2.46. The molecular weight excluding hydrogens is 446 g/mol. The van der Waals surface area contributed by atoms with Crippen LogP contribution in [0.25, 0.3) is 0 Å². The largest absolute Gasteiger partial charge is 0.395 e. The number of aliphatic hydroxyl groups excluding tert-OH is 1. The maximum atomic E-state index is 13.1. The molecule has 2 aromatic heterocycles. The van der Waals surface area contributed by atoms with Gasteiger partial charge in [-0.15, -0.1) is 11.3 Å². The number of pyridine rings is 1. The van der Waals surface area contributed by atoms with Crippen LogP contribution in [0.2, 0.25) is 0 Å². The van der Waals surface area contributed by atoms with Gasteiger partial charge in [0.25, 0.3) is 5.91 Å². The van der Waals surface area contributed by atoms with Crippen molar-refractivity contribution in [1.82, 2.24) is 19.8 Å². The highest BCUT2D eigenvalue weighted by molar-refractivity contribution is 7.14. The van der Waals surface area contributed by atoms with Gasteiger partial charge in [-0.25, -0.2) is 4.98 Å². The summed E-state index contributed by atoms with van der Waals surface area (Å²) in [7, 11) is 0. The number of rotatable bonds is 8. The van der Waals surface area contributed by atoms with Gasteiger partial charge < -0.3 is 5.11 Å². The Labute approximate surface area is 205 Å². The number of carbonyl (C=O) groups excluding carboxylic acids is 1. The van der Waals surface area contributed by atoms with E-state index in [1.807, 2.05) is 11.4 Å². The van der Waals surface area contributed by atoms with Crippen molar-refractivity contribution >= 4 is 22.4 Å². The third-order valence-corrected chi connectivity index (χ3v) is 7.29. The SMILES string of the molecule is Cc1ccc(C(C)(C)c2csc(NC(=O)c3cccnc3CN3CCN(CCO)CC3)n2)cc1. The lowest BCUT2D eigenvalue weighted by atomic mass is 9.82. The van der Waals surface area contributed by atoms with Crippen LogP contribution in [0.3, 0.4) is 0 Å². The van der Waals surface area contributed by atoms with Gasteiger partial charge in [0.2, 0.25) is 0 Å². The van der Waals surface area contributed by atoms with Crippen molar-refractivity contribution in [2.75, 3.05) is 44.6 Å². The molecule has 0 aliphatic carbocycles. The average molecular weight is 480 g/mol. The van der Waals surface area contributed by atoms with Crippen molar-refractivity contribution in [2.45, 2.75) is 32.7 Å². The zero-order chi connectivity index (χ0) is 24.1. The minimum absolute atomic E-state index is 0.184. The van der Waals surface area contributed by atoms with Gasteiger partial charge in [0.05, 0.1) is 23.6 Å². The highest BCUT2D eigenvalue weighted by atomic mass is 32.1. The molecule has 0 atom stereocenters. The monoisotopic (exact) mass is 479 g/mol. The Bertz CT molecular complexity index is 1100. The number of anilines is 1. The van der Waals surface area contributed by atoms with Crippen molar-refractivity contribution in [3.05, 3.63) is 76.1 Å². The van der Waals surface area contributed by atoms with Crippen LogP contribution >= 0.6 is 11.3 Å². The number of aromatic nitrogens is 2. The second-order valence-corrected chi connectivity index (χ2v) is 10.2. The van der Waals surface area contributed by atoms with E-state index < -0.39 is 0 Å². The first kappa shape index (κ1) is 24.5. The zero-order valence-electron chi connectivity index (χ0n) is 20.1. The summed E-state index contributed by atoms with van der Waals surface area (Å²) in [6.07, 6.45) is 1.74. The van der Waals surface area contributed by atoms with Crippen LogP contribution in [0.15, 0.2) is 48.0 Å². The molecule has 1 aliphatic rings. The zero-order valence-corrected chi connectivity index (χ0v) is 20.9. The Balaban J connectivity index is 1.43. The summed E-state index contributed by atoms with van der Waals surface area (Å²) in [5, 5.41) is 14.7. The Kier molecular flexibility index (Phi) is 7.73. The molecule has 8 heteroatoms. The summed E-state index contributed by atoms with van der Waals surface area (Å²) in [6.45, 7) is 11.5. The maximum Gasteiger partial charge on any atom is 0.259 e. The van der Waals surface area contributed by atoms with Gasteiger partial charge in [-0.2, -0.15) is 0 Å². The minimum Gasteiger partial charge on any atom is -0.395 e. The molecule has 0 spiro atoms. The normalized spacial score (nSPS) is 15.4. The molecule has 1 aromatic carbocycles. The topological polar surface area (TPSA) is 81.6 Å². The quantitative estimate of drug-likeness (QED) is 0.514. The molecule has 2 N–H and O–H groups in total. The minimum atomic E-state index is -0.259. The molecule has 0 bridgehead atoms. The van der Waals surface area contributed by atoms with Gasteiger partial charge in [0.15, 0.2) is 5.13 Å². The maximum absolute atomic E-state index is 13.1. The van der Waals surface area contributed by atoms with E-state index in [0.29, 0.717) is 23.8 Å². The predicted molar refractivity (Wildman–Crippen MR) is 136 cm³/mol. The lowest BCUT2D eigenvalue weighted by molar-refractivity contribution is 0.100. The molecule has 180 valence electrons. The van der Waals surface area contributed by atoms with Crippen LogP contribution in [-0.4, -0.2) is 70.1 Å². The van der Waals surface area contributed by atoms with Gasteiger partial charge in [-0.1, -0.05) is 43.7 Å². The van der Waals surface area contributed by atoms with Crippen LogP contribution in [-0.2, 0) is 12.0 Å². The number of aryl methyl sites for hydroxylation is 1. The van der Waals surface area contributed by atoms with Gasteiger partial charge >= 0.3 is 0 Å². The van der Waals surface area contributed by atoms with E-state index in [9.17, 15) is 4.79 Å². The Morgan fingerprint density at radius 3 is 2.53 bits per heavy atom. The number of amides is 1. The summed E-state index contributed by atoms with van der Waals surface area (Å²) in [6, 6.07) is 12.1. The molecule has 1 amide bonds. The summed E-state index contributed by atoms with van der Waals surface area (Å²) >= 11 is 1.44. The number of β-amino-alcohol motifs (C(OH)–C–C–N with tert-alkyl or cyclic N) is 1. The van der Waals surface area contributed by atoms with Gasteiger partial charge in [-0.3, -0.25) is 24.9 Å². The molecule has 0 saturated carbocycles. The number of benzene rings is 1. The number of nitrogens with one attached hydrogen (secondary N) is 1. The van der Waals surface area contributed by atoms with Crippen molar-refractivity contribution in [2.24, 2.45) is 0 Å². The van der Waals surface area contributed by atoms with E-state index in [1.54, 1.807) is 12.3 Å². The molecule has 3 aromatic rings. The van der Waals surface area contributed by atoms with Crippen molar-refractivity contribution in [3.8, 4) is 0 Å². The fraction of sp³-hybridized carbons (Fsp3) is 0.423. The van der Waals surface area contributed by atoms with Crippen molar-refractivity contribution in [3.63, 3.8) is 0 Å². The fourth-order valence-corrected chi connectivity index (χ4v) is 5.07. The molecule has 7 nitrogen and oxygen atoms in total. The van der Waals surface area contributed by atoms with Gasteiger partial charge in [0.1, 0.15) is 0 Å². The van der Waals surface area contributed by atoms with Crippen LogP contribution in [0, 0.1) is 6.92 Å². The second kappa shape index (κ2) is 10.7. The number of hydrogen-bond donors (Lipinski definition) is 2. The van der Waals surface area contributed by atoms with E-state index in [4.69, 9.17) is 10.1 Å².